The van der Waals surface area contributed by atoms with Crippen LogP contribution in [0.4, 0.5) is 5.69 Å². The molecule has 0 aliphatic rings. The van der Waals surface area contributed by atoms with Gasteiger partial charge in [-0.15, -0.1) is 0 Å². The molecule has 1 aromatic carbocycles. The number of hydrogen-bond donors (Lipinski definition) is 2. The van der Waals surface area contributed by atoms with E-state index < -0.39 is 5.97 Å². The minimum atomic E-state index is -0.958. The van der Waals surface area contributed by atoms with Gasteiger partial charge >= 0.3 is 5.97 Å². The molecule has 0 radical (unpaired) electrons. The molecule has 0 aromatic heterocycles. The molecule has 0 unspecified atom stereocenters. The fraction of sp³-hybridized carbons (Fsp3) is 0.154. The Kier molecular flexibility index (Phi) is 3.89. The zero-order valence-corrected chi connectivity index (χ0v) is 9.45. The second-order valence-electron chi connectivity index (χ2n) is 3.42. The molecular weight excluding hydrogens is 202 g/mol. The number of nitrogens with one attached hydrogen (secondary N) is 1. The molecule has 0 spiro atoms. The molecule has 0 aliphatic heterocycles. The first-order chi connectivity index (χ1) is 7.60. The van der Waals surface area contributed by atoms with E-state index in [9.17, 15) is 4.79 Å². The van der Waals surface area contributed by atoms with Crippen molar-refractivity contribution in [2.24, 2.45) is 0 Å². The highest BCUT2D eigenvalue weighted by molar-refractivity contribution is 6.17. The van der Waals surface area contributed by atoms with Crippen LogP contribution in [0.2, 0.25) is 0 Å². The third-order valence-corrected chi connectivity index (χ3v) is 2.25. The predicted octanol–water partition coefficient (Wildman–Crippen LogP) is 2.69. The minimum Gasteiger partial charge on any atom is -0.478 e. The fourth-order valence-electron chi connectivity index (χ4n) is 1.49. The lowest BCUT2D eigenvalue weighted by Crippen LogP contribution is -2.03. The van der Waals surface area contributed by atoms with E-state index in [1.165, 1.54) is 12.2 Å². The van der Waals surface area contributed by atoms with Crippen LogP contribution in [-0.4, -0.2) is 18.1 Å². The molecule has 0 amide bonds. The Morgan fingerprint density at radius 1 is 1.50 bits per heavy atom. The number of aryl methyl sites for hydroxylation is 1. The molecule has 0 fully saturated rings. The van der Waals surface area contributed by atoms with Gasteiger partial charge in [0.2, 0.25) is 0 Å². The van der Waals surface area contributed by atoms with Crippen molar-refractivity contribution in [2.75, 3.05) is 12.4 Å². The van der Waals surface area contributed by atoms with E-state index in [2.05, 4.69) is 11.9 Å². The zero-order chi connectivity index (χ0) is 12.1. The van der Waals surface area contributed by atoms with E-state index in [1.807, 2.05) is 19.1 Å². The first-order valence-electron chi connectivity index (χ1n) is 4.95. The summed E-state index contributed by atoms with van der Waals surface area (Å²) >= 11 is 0. The molecule has 0 bridgehead atoms. The zero-order valence-electron chi connectivity index (χ0n) is 9.45. The van der Waals surface area contributed by atoms with Crippen LogP contribution >= 0.6 is 0 Å². The maximum absolute atomic E-state index is 11.1. The number of carboxylic acids is 1. The van der Waals surface area contributed by atoms with Gasteiger partial charge in [-0.2, -0.15) is 0 Å². The molecule has 84 valence electrons. The van der Waals surface area contributed by atoms with Crippen LogP contribution in [0.15, 0.2) is 36.9 Å². The van der Waals surface area contributed by atoms with E-state index in [0.717, 1.165) is 11.3 Å². The van der Waals surface area contributed by atoms with Gasteiger partial charge in [-0.3, -0.25) is 0 Å². The maximum atomic E-state index is 11.1. The second kappa shape index (κ2) is 5.16. The van der Waals surface area contributed by atoms with Crippen molar-refractivity contribution in [1.29, 1.82) is 0 Å². The van der Waals surface area contributed by atoms with Crippen LogP contribution in [0.25, 0.3) is 5.57 Å². The summed E-state index contributed by atoms with van der Waals surface area (Å²) in [4.78, 5) is 11.1. The van der Waals surface area contributed by atoms with Gasteiger partial charge in [-0.1, -0.05) is 24.8 Å². The largest absolute Gasteiger partial charge is 0.478 e. The smallest absolute Gasteiger partial charge is 0.336 e. The predicted molar refractivity (Wildman–Crippen MR) is 66.5 cm³/mol. The SMILES string of the molecule is C=C/C=C(/C(=O)O)c1ccc(C)cc1NC. The molecular formula is C13H15NO2. The summed E-state index contributed by atoms with van der Waals surface area (Å²) in [6.07, 6.45) is 2.97. The quantitative estimate of drug-likeness (QED) is 0.602. The highest BCUT2D eigenvalue weighted by Crippen LogP contribution is 2.25. The van der Waals surface area contributed by atoms with Gasteiger partial charge in [0.15, 0.2) is 0 Å². The molecule has 0 aliphatic carbocycles. The van der Waals surface area contributed by atoms with E-state index in [4.69, 9.17) is 5.11 Å². The average molecular weight is 217 g/mol. The number of aliphatic carboxylic acids is 1. The average Bonchev–Trinajstić information content (AvgIpc) is 2.26. The summed E-state index contributed by atoms with van der Waals surface area (Å²) in [5.74, 6) is -0.958. The fourth-order valence-corrected chi connectivity index (χ4v) is 1.49. The molecule has 0 saturated carbocycles. The molecule has 0 heterocycles. The van der Waals surface area contributed by atoms with E-state index in [-0.39, 0.29) is 5.57 Å². The molecule has 1 aromatic rings. The minimum absolute atomic E-state index is 0.236. The van der Waals surface area contributed by atoms with Crippen LogP contribution < -0.4 is 5.32 Å². The van der Waals surface area contributed by atoms with Gasteiger partial charge < -0.3 is 10.4 Å². The Bertz CT molecular complexity index is 447. The van der Waals surface area contributed by atoms with Gasteiger partial charge in [0.05, 0.1) is 5.57 Å². The second-order valence-corrected chi connectivity index (χ2v) is 3.42. The number of carboxylic acid groups (broad SMARTS) is 1. The molecule has 3 nitrogen and oxygen atoms in total. The number of anilines is 1. The van der Waals surface area contributed by atoms with Gasteiger partial charge in [-0.25, -0.2) is 4.79 Å². The van der Waals surface area contributed by atoms with Crippen molar-refractivity contribution >= 4 is 17.2 Å². The number of rotatable bonds is 4. The summed E-state index contributed by atoms with van der Waals surface area (Å²) in [6, 6.07) is 5.59. The van der Waals surface area contributed by atoms with Gasteiger partial charge in [0.25, 0.3) is 0 Å². The Labute approximate surface area is 95.1 Å². The molecule has 3 heteroatoms. The van der Waals surface area contributed by atoms with Crippen molar-refractivity contribution < 1.29 is 9.90 Å². The van der Waals surface area contributed by atoms with Crippen LogP contribution in [0, 0.1) is 6.92 Å². The van der Waals surface area contributed by atoms with E-state index >= 15 is 0 Å². The highest BCUT2D eigenvalue weighted by atomic mass is 16.4. The lowest BCUT2D eigenvalue weighted by atomic mass is 10.0. The third kappa shape index (κ3) is 2.51. The molecule has 0 atom stereocenters. The number of hydrogen-bond acceptors (Lipinski definition) is 2. The summed E-state index contributed by atoms with van der Waals surface area (Å²) in [6.45, 7) is 5.48. The summed E-state index contributed by atoms with van der Waals surface area (Å²) in [5.41, 5.74) is 2.78. The maximum Gasteiger partial charge on any atom is 0.336 e. The van der Waals surface area contributed by atoms with E-state index in [0.29, 0.717) is 5.56 Å². The highest BCUT2D eigenvalue weighted by Gasteiger charge is 2.13. The Hall–Kier alpha value is -2.03. The third-order valence-electron chi connectivity index (χ3n) is 2.25. The lowest BCUT2D eigenvalue weighted by Gasteiger charge is -2.10. The standard InChI is InChI=1S/C13H15NO2/c1-4-5-11(13(15)16)10-7-6-9(2)8-12(10)14-3/h4-8,14H,1H2,2-3H3,(H,15,16)/b11-5+. The van der Waals surface area contributed by atoms with Crippen molar-refractivity contribution in [3.63, 3.8) is 0 Å². The van der Waals surface area contributed by atoms with Crippen molar-refractivity contribution in [1.82, 2.24) is 0 Å². The Morgan fingerprint density at radius 2 is 2.19 bits per heavy atom. The molecule has 2 N–H and O–H groups in total. The Morgan fingerprint density at radius 3 is 2.69 bits per heavy atom. The Balaban J connectivity index is 3.35. The van der Waals surface area contributed by atoms with E-state index in [1.54, 1.807) is 13.1 Å². The first-order valence-corrected chi connectivity index (χ1v) is 4.95. The monoisotopic (exact) mass is 217 g/mol. The molecule has 0 saturated heterocycles. The summed E-state index contributed by atoms with van der Waals surface area (Å²) in [7, 11) is 1.77. The van der Waals surface area contributed by atoms with Gasteiger partial charge in [0, 0.05) is 18.3 Å². The van der Waals surface area contributed by atoms with Crippen molar-refractivity contribution in [2.45, 2.75) is 6.92 Å². The topological polar surface area (TPSA) is 49.3 Å². The van der Waals surface area contributed by atoms with Crippen molar-refractivity contribution in [3.05, 3.63) is 48.1 Å². The molecule has 1 rings (SSSR count). The number of carbonyl (C=O) groups is 1. The van der Waals surface area contributed by atoms with Crippen LogP contribution in [0.5, 0.6) is 0 Å². The van der Waals surface area contributed by atoms with Gasteiger partial charge in [0.1, 0.15) is 0 Å². The first kappa shape index (κ1) is 12.0. The van der Waals surface area contributed by atoms with Crippen LogP contribution in [0.1, 0.15) is 11.1 Å². The van der Waals surface area contributed by atoms with Gasteiger partial charge in [-0.05, 0) is 24.6 Å². The summed E-state index contributed by atoms with van der Waals surface area (Å²) < 4.78 is 0. The van der Waals surface area contributed by atoms with Crippen LogP contribution in [0.3, 0.4) is 0 Å². The molecule has 16 heavy (non-hydrogen) atoms. The number of benzene rings is 1. The van der Waals surface area contributed by atoms with Crippen molar-refractivity contribution in [3.8, 4) is 0 Å². The normalized spacial score (nSPS) is 11.0. The number of allylic oxidation sites excluding steroid dienone is 2. The van der Waals surface area contributed by atoms with Crippen LogP contribution in [-0.2, 0) is 4.79 Å². The lowest BCUT2D eigenvalue weighted by molar-refractivity contribution is -0.130. The summed E-state index contributed by atoms with van der Waals surface area (Å²) in [5, 5.41) is 12.1.